The number of hydrogen-bond donors (Lipinski definition) is 0. The van der Waals surface area contributed by atoms with Crippen molar-refractivity contribution in [1.29, 1.82) is 0 Å². The zero-order chi connectivity index (χ0) is 9.80. The maximum absolute atomic E-state index is 5.62. The molecule has 76 valence electrons. The molecule has 1 fully saturated rings. The zero-order valence-corrected chi connectivity index (χ0v) is 8.53. The quantitative estimate of drug-likeness (QED) is 0.714. The minimum Gasteiger partial charge on any atom is -0.497 e. The summed E-state index contributed by atoms with van der Waals surface area (Å²) in [5.41, 5.74) is 0. The summed E-state index contributed by atoms with van der Waals surface area (Å²) in [7, 11) is 1.67. The highest BCUT2D eigenvalue weighted by Crippen LogP contribution is 2.32. The zero-order valence-electron chi connectivity index (χ0n) is 8.53. The van der Waals surface area contributed by atoms with Gasteiger partial charge in [0.25, 0.3) is 0 Å². The fourth-order valence-electron chi connectivity index (χ4n) is 1.44. The van der Waals surface area contributed by atoms with E-state index in [-0.39, 0.29) is 0 Å². The Hall–Kier alpha value is -1.18. The Morgan fingerprint density at radius 1 is 1.29 bits per heavy atom. The van der Waals surface area contributed by atoms with Crippen LogP contribution in [0.1, 0.15) is 19.3 Å². The predicted molar refractivity (Wildman–Crippen MR) is 55.8 cm³/mol. The predicted octanol–water partition coefficient (Wildman–Crippen LogP) is 2.87. The molecule has 1 aromatic rings. The number of rotatable bonds is 5. The summed E-state index contributed by atoms with van der Waals surface area (Å²) in [6.07, 6.45) is 3.97. The minimum atomic E-state index is 0.831. The van der Waals surface area contributed by atoms with Crippen LogP contribution in [-0.2, 0) is 0 Å². The first-order valence-electron chi connectivity index (χ1n) is 5.15. The lowest BCUT2D eigenvalue weighted by atomic mass is 10.3. The SMILES string of the molecule is COc1cccc(OCCC2CC2)c1. The van der Waals surface area contributed by atoms with Crippen molar-refractivity contribution < 1.29 is 9.47 Å². The van der Waals surface area contributed by atoms with Crippen LogP contribution in [0.2, 0.25) is 0 Å². The van der Waals surface area contributed by atoms with Crippen molar-refractivity contribution in [3.8, 4) is 11.5 Å². The average molecular weight is 192 g/mol. The van der Waals surface area contributed by atoms with Gasteiger partial charge in [-0.2, -0.15) is 0 Å². The van der Waals surface area contributed by atoms with E-state index in [0.717, 1.165) is 24.0 Å². The lowest BCUT2D eigenvalue weighted by Crippen LogP contribution is -1.98. The second-order valence-corrected chi connectivity index (χ2v) is 3.76. The summed E-state index contributed by atoms with van der Waals surface area (Å²) in [4.78, 5) is 0. The molecule has 0 bridgehead atoms. The molecule has 0 aromatic heterocycles. The molecule has 0 atom stereocenters. The molecule has 1 aromatic carbocycles. The first-order chi connectivity index (χ1) is 6.88. The number of benzene rings is 1. The van der Waals surface area contributed by atoms with Gasteiger partial charge >= 0.3 is 0 Å². The normalized spacial score (nSPS) is 15.2. The standard InChI is InChI=1S/C12H16O2/c1-13-11-3-2-4-12(9-11)14-8-7-10-5-6-10/h2-4,9-10H,5-8H2,1H3. The summed E-state index contributed by atoms with van der Waals surface area (Å²) in [6.45, 7) is 0.831. The van der Waals surface area contributed by atoms with Crippen molar-refractivity contribution in [2.75, 3.05) is 13.7 Å². The molecule has 0 spiro atoms. The van der Waals surface area contributed by atoms with Crippen molar-refractivity contribution in [2.24, 2.45) is 5.92 Å². The molecule has 0 unspecified atom stereocenters. The van der Waals surface area contributed by atoms with Gasteiger partial charge in [-0.05, 0) is 24.5 Å². The van der Waals surface area contributed by atoms with Crippen molar-refractivity contribution in [3.05, 3.63) is 24.3 Å². The Morgan fingerprint density at radius 2 is 2.07 bits per heavy atom. The van der Waals surface area contributed by atoms with Crippen molar-refractivity contribution in [2.45, 2.75) is 19.3 Å². The molecule has 1 aliphatic carbocycles. The van der Waals surface area contributed by atoms with E-state index in [1.807, 2.05) is 24.3 Å². The van der Waals surface area contributed by atoms with E-state index in [0.29, 0.717) is 0 Å². The van der Waals surface area contributed by atoms with Gasteiger partial charge in [0.05, 0.1) is 13.7 Å². The fourth-order valence-corrected chi connectivity index (χ4v) is 1.44. The molecule has 2 heteroatoms. The van der Waals surface area contributed by atoms with Crippen LogP contribution in [0.15, 0.2) is 24.3 Å². The third-order valence-corrected chi connectivity index (χ3v) is 2.53. The summed E-state index contributed by atoms with van der Waals surface area (Å²) >= 11 is 0. The highest BCUT2D eigenvalue weighted by molar-refractivity contribution is 5.32. The van der Waals surface area contributed by atoms with Gasteiger partial charge in [-0.15, -0.1) is 0 Å². The van der Waals surface area contributed by atoms with E-state index in [2.05, 4.69) is 0 Å². The van der Waals surface area contributed by atoms with Crippen LogP contribution >= 0.6 is 0 Å². The largest absolute Gasteiger partial charge is 0.497 e. The molecule has 0 amide bonds. The highest BCUT2D eigenvalue weighted by Gasteiger charge is 2.20. The molecular formula is C12H16O2. The number of hydrogen-bond acceptors (Lipinski definition) is 2. The third kappa shape index (κ3) is 2.66. The highest BCUT2D eigenvalue weighted by atomic mass is 16.5. The average Bonchev–Trinajstić information content (AvgIpc) is 3.02. The lowest BCUT2D eigenvalue weighted by Gasteiger charge is -2.06. The smallest absolute Gasteiger partial charge is 0.122 e. The van der Waals surface area contributed by atoms with Crippen LogP contribution in [0, 0.1) is 5.92 Å². The molecule has 1 saturated carbocycles. The van der Waals surface area contributed by atoms with Crippen LogP contribution in [0.4, 0.5) is 0 Å². The maximum Gasteiger partial charge on any atom is 0.122 e. The molecule has 0 saturated heterocycles. The molecule has 0 radical (unpaired) electrons. The third-order valence-electron chi connectivity index (χ3n) is 2.53. The Morgan fingerprint density at radius 3 is 2.79 bits per heavy atom. The molecule has 0 N–H and O–H groups in total. The monoisotopic (exact) mass is 192 g/mol. The van der Waals surface area contributed by atoms with E-state index < -0.39 is 0 Å². The lowest BCUT2D eigenvalue weighted by molar-refractivity contribution is 0.300. The second kappa shape index (κ2) is 4.36. The summed E-state index contributed by atoms with van der Waals surface area (Å²) in [6, 6.07) is 7.77. The first-order valence-corrected chi connectivity index (χ1v) is 5.15. The van der Waals surface area contributed by atoms with Crippen LogP contribution < -0.4 is 9.47 Å². The van der Waals surface area contributed by atoms with E-state index in [1.165, 1.54) is 19.3 Å². The second-order valence-electron chi connectivity index (χ2n) is 3.76. The van der Waals surface area contributed by atoms with Crippen molar-refractivity contribution in [1.82, 2.24) is 0 Å². The Labute approximate surface area is 84.8 Å². The molecule has 0 aliphatic heterocycles. The maximum atomic E-state index is 5.62. The van der Waals surface area contributed by atoms with Gasteiger partial charge in [-0.25, -0.2) is 0 Å². The van der Waals surface area contributed by atoms with Crippen LogP contribution in [-0.4, -0.2) is 13.7 Å². The van der Waals surface area contributed by atoms with Gasteiger partial charge in [-0.1, -0.05) is 18.9 Å². The number of ether oxygens (including phenoxy) is 2. The Kier molecular flexibility index (Phi) is 2.92. The molecule has 2 rings (SSSR count). The van der Waals surface area contributed by atoms with E-state index in [1.54, 1.807) is 7.11 Å². The van der Waals surface area contributed by atoms with Crippen molar-refractivity contribution in [3.63, 3.8) is 0 Å². The van der Waals surface area contributed by atoms with Gasteiger partial charge in [-0.3, -0.25) is 0 Å². The van der Waals surface area contributed by atoms with Gasteiger partial charge < -0.3 is 9.47 Å². The summed E-state index contributed by atoms with van der Waals surface area (Å²) in [5.74, 6) is 2.69. The van der Waals surface area contributed by atoms with E-state index in [9.17, 15) is 0 Å². The molecule has 1 aliphatic rings. The molecule has 0 heterocycles. The summed E-state index contributed by atoms with van der Waals surface area (Å²) in [5, 5.41) is 0. The van der Waals surface area contributed by atoms with Crippen molar-refractivity contribution >= 4 is 0 Å². The minimum absolute atomic E-state index is 0.831. The van der Waals surface area contributed by atoms with Crippen LogP contribution in [0.25, 0.3) is 0 Å². The summed E-state index contributed by atoms with van der Waals surface area (Å²) < 4.78 is 10.7. The fraction of sp³-hybridized carbons (Fsp3) is 0.500. The van der Waals surface area contributed by atoms with E-state index in [4.69, 9.17) is 9.47 Å². The van der Waals surface area contributed by atoms with Gasteiger partial charge in [0.2, 0.25) is 0 Å². The van der Waals surface area contributed by atoms with Gasteiger partial charge in [0.1, 0.15) is 11.5 Å². The topological polar surface area (TPSA) is 18.5 Å². The van der Waals surface area contributed by atoms with Gasteiger partial charge in [0, 0.05) is 6.07 Å². The Bertz CT molecular complexity index is 292. The molecule has 14 heavy (non-hydrogen) atoms. The molecular weight excluding hydrogens is 176 g/mol. The first kappa shape index (κ1) is 9.38. The van der Waals surface area contributed by atoms with E-state index >= 15 is 0 Å². The molecule has 2 nitrogen and oxygen atoms in total. The number of methoxy groups -OCH3 is 1. The van der Waals surface area contributed by atoms with Gasteiger partial charge in [0.15, 0.2) is 0 Å². The van der Waals surface area contributed by atoms with Crippen LogP contribution in [0.3, 0.4) is 0 Å². The van der Waals surface area contributed by atoms with Crippen LogP contribution in [0.5, 0.6) is 11.5 Å². The Balaban J connectivity index is 1.81.